The minimum absolute atomic E-state index is 0.387. The molecule has 2 rings (SSSR count). The molecule has 0 aromatic heterocycles. The van der Waals surface area contributed by atoms with E-state index in [9.17, 15) is 0 Å². The summed E-state index contributed by atoms with van der Waals surface area (Å²) in [6, 6.07) is 0. The molecule has 2 aliphatic rings. The number of allylic oxidation sites excluding steroid dienone is 8. The summed E-state index contributed by atoms with van der Waals surface area (Å²) in [5, 5.41) is 0. The molecule has 1 heteroatoms. The van der Waals surface area contributed by atoms with Gasteiger partial charge in [0.25, 0.3) is 0 Å². The predicted molar refractivity (Wildman–Crippen MR) is 107 cm³/mol. The summed E-state index contributed by atoms with van der Waals surface area (Å²) < 4.78 is 6.27. The van der Waals surface area contributed by atoms with Crippen molar-refractivity contribution in [2.75, 3.05) is 0 Å². The van der Waals surface area contributed by atoms with Crippen LogP contribution in [0.4, 0.5) is 0 Å². The van der Waals surface area contributed by atoms with Gasteiger partial charge in [0.1, 0.15) is 0 Å². The first-order valence-corrected chi connectivity index (χ1v) is 17.6. The third-order valence-corrected chi connectivity index (χ3v) is 21.8. The SMILES string of the molecule is CCC[C]1([Zr]([CH3])([CH3])[C]2(CC)C=C(CC)C(CC)=C2CC)C=CC=C1. The molecular formula is C23H38Zr. The second kappa shape index (κ2) is 7.61. The average Bonchev–Trinajstić information content (AvgIpc) is 3.18. The van der Waals surface area contributed by atoms with Gasteiger partial charge in [-0.3, -0.25) is 0 Å². The normalized spacial score (nSPS) is 25.7. The topological polar surface area (TPSA) is 0 Å². The van der Waals surface area contributed by atoms with Gasteiger partial charge in [-0.25, -0.2) is 0 Å². The van der Waals surface area contributed by atoms with Gasteiger partial charge in [-0.15, -0.1) is 0 Å². The molecule has 0 saturated carbocycles. The van der Waals surface area contributed by atoms with Crippen LogP contribution in [-0.4, -0.2) is 0 Å². The first-order valence-electron chi connectivity index (χ1n) is 10.2. The fourth-order valence-corrected chi connectivity index (χ4v) is 18.6. The van der Waals surface area contributed by atoms with Crippen LogP contribution in [0.3, 0.4) is 0 Å². The summed E-state index contributed by atoms with van der Waals surface area (Å²) in [7, 11) is 0. The van der Waals surface area contributed by atoms with Gasteiger partial charge in [-0.1, -0.05) is 0 Å². The molecule has 0 aromatic carbocycles. The maximum atomic E-state index is 2.78. The molecule has 0 heterocycles. The molecule has 0 fully saturated rings. The molecule has 0 aliphatic heterocycles. The van der Waals surface area contributed by atoms with Crippen LogP contribution in [0.2, 0.25) is 15.5 Å². The number of rotatable bonds is 8. The zero-order chi connectivity index (χ0) is 18.0. The fraction of sp³-hybridized carbons (Fsp3) is 0.652. The van der Waals surface area contributed by atoms with Gasteiger partial charge in [0.2, 0.25) is 0 Å². The molecule has 0 amide bonds. The van der Waals surface area contributed by atoms with Crippen LogP contribution in [0.1, 0.15) is 73.1 Å². The summed E-state index contributed by atoms with van der Waals surface area (Å²) in [6.45, 7) is 11.9. The van der Waals surface area contributed by atoms with E-state index in [0.717, 1.165) is 0 Å². The Bertz CT molecular complexity index is 573. The quantitative estimate of drug-likeness (QED) is 0.380. The van der Waals surface area contributed by atoms with E-state index in [2.05, 4.69) is 74.3 Å². The summed E-state index contributed by atoms with van der Waals surface area (Å²) in [5.41, 5.74) is 5.19. The summed E-state index contributed by atoms with van der Waals surface area (Å²) in [4.78, 5) is 0. The average molecular weight is 406 g/mol. The van der Waals surface area contributed by atoms with Crippen LogP contribution in [-0.2, 0) is 20.3 Å². The molecule has 2 aliphatic carbocycles. The van der Waals surface area contributed by atoms with E-state index >= 15 is 0 Å². The predicted octanol–water partition coefficient (Wildman–Crippen LogP) is 8.36. The van der Waals surface area contributed by atoms with Crippen molar-refractivity contribution in [3.63, 3.8) is 0 Å². The second-order valence-corrected chi connectivity index (χ2v) is 20.6. The second-order valence-electron chi connectivity index (χ2n) is 8.15. The molecule has 0 nitrogen and oxygen atoms in total. The molecule has 24 heavy (non-hydrogen) atoms. The van der Waals surface area contributed by atoms with Gasteiger partial charge in [0.05, 0.1) is 0 Å². The third-order valence-electron chi connectivity index (χ3n) is 7.20. The van der Waals surface area contributed by atoms with Crippen LogP contribution in [0, 0.1) is 0 Å². The Morgan fingerprint density at radius 2 is 1.50 bits per heavy atom. The van der Waals surface area contributed by atoms with Crippen molar-refractivity contribution in [3.8, 4) is 0 Å². The molecule has 1 unspecified atom stereocenters. The monoisotopic (exact) mass is 404 g/mol. The van der Waals surface area contributed by atoms with E-state index < -0.39 is 20.3 Å². The van der Waals surface area contributed by atoms with Gasteiger partial charge >= 0.3 is 156 Å². The van der Waals surface area contributed by atoms with Gasteiger partial charge in [-0.2, -0.15) is 0 Å². The Labute approximate surface area is 155 Å². The van der Waals surface area contributed by atoms with Crippen molar-refractivity contribution >= 4 is 0 Å². The van der Waals surface area contributed by atoms with Crippen molar-refractivity contribution < 1.29 is 20.3 Å². The molecule has 134 valence electrons. The van der Waals surface area contributed by atoms with Gasteiger partial charge in [-0.05, 0) is 0 Å². The van der Waals surface area contributed by atoms with Crippen molar-refractivity contribution in [2.24, 2.45) is 0 Å². The molecule has 0 radical (unpaired) electrons. The number of hydrogen-bond acceptors (Lipinski definition) is 0. The zero-order valence-corrected chi connectivity index (χ0v) is 19.6. The third kappa shape index (κ3) is 2.74. The summed E-state index contributed by atoms with van der Waals surface area (Å²) >= 11 is -2.61. The first kappa shape index (κ1) is 20.2. The van der Waals surface area contributed by atoms with Gasteiger partial charge < -0.3 is 0 Å². The first-order chi connectivity index (χ1) is 11.4. The van der Waals surface area contributed by atoms with E-state index in [4.69, 9.17) is 0 Å². The molecule has 0 spiro atoms. The number of hydrogen-bond donors (Lipinski definition) is 0. The summed E-state index contributed by atoms with van der Waals surface area (Å²) in [6.07, 6.45) is 20.1. The van der Waals surface area contributed by atoms with Crippen molar-refractivity contribution in [1.29, 1.82) is 0 Å². The Balaban J connectivity index is 2.69. The molecule has 0 saturated heterocycles. The van der Waals surface area contributed by atoms with Crippen LogP contribution in [0.5, 0.6) is 0 Å². The molecule has 0 bridgehead atoms. The van der Waals surface area contributed by atoms with E-state index in [1.807, 2.05) is 5.57 Å². The standard InChI is InChI=1S/C13H21.C8H11.2CH3.Zr/c1-5-10-9-11(6-2)13(8-4)12(10)7-3;1-2-5-8-6-3-4-7-8;;;/h9H,5-8H2,1-4H3;3-4,6-7H,2,5H2,1H3;2*1H3;. The maximum absolute atomic E-state index is 2.78. The van der Waals surface area contributed by atoms with E-state index in [0.29, 0.717) is 6.25 Å². The van der Waals surface area contributed by atoms with Gasteiger partial charge in [0, 0.05) is 0 Å². The zero-order valence-electron chi connectivity index (χ0n) is 17.1. The summed E-state index contributed by atoms with van der Waals surface area (Å²) in [5.74, 6) is 0. The molecule has 0 aromatic rings. The van der Waals surface area contributed by atoms with E-state index in [1.54, 1.807) is 11.1 Å². The van der Waals surface area contributed by atoms with Crippen LogP contribution >= 0.6 is 0 Å². The van der Waals surface area contributed by atoms with Crippen LogP contribution in [0.25, 0.3) is 0 Å². The van der Waals surface area contributed by atoms with Gasteiger partial charge in [0.15, 0.2) is 0 Å². The minimum atomic E-state index is -2.61. The van der Waals surface area contributed by atoms with Crippen molar-refractivity contribution in [2.45, 2.75) is 88.7 Å². The molecule has 0 N–H and O–H groups in total. The van der Waals surface area contributed by atoms with Crippen molar-refractivity contribution in [3.05, 3.63) is 47.1 Å². The van der Waals surface area contributed by atoms with Crippen LogP contribution < -0.4 is 0 Å². The fourth-order valence-electron chi connectivity index (χ4n) is 5.77. The van der Waals surface area contributed by atoms with E-state index in [1.165, 1.54) is 38.5 Å². The molecule has 1 atom stereocenters. The van der Waals surface area contributed by atoms with Crippen LogP contribution in [0.15, 0.2) is 47.1 Å². The Kier molecular flexibility index (Phi) is 6.39. The Morgan fingerprint density at radius 3 is 1.92 bits per heavy atom. The Morgan fingerprint density at radius 1 is 0.875 bits per heavy atom. The van der Waals surface area contributed by atoms with Crippen molar-refractivity contribution in [1.82, 2.24) is 0 Å². The Hall–Kier alpha value is -0.157. The molecular weight excluding hydrogens is 367 g/mol. The van der Waals surface area contributed by atoms with E-state index in [-0.39, 0.29) is 0 Å².